The fourth-order valence-corrected chi connectivity index (χ4v) is 3.34. The van der Waals surface area contributed by atoms with Crippen molar-refractivity contribution in [1.82, 2.24) is 0 Å². The molecule has 0 aromatic heterocycles. The molecule has 1 aliphatic rings. The van der Waals surface area contributed by atoms with Gasteiger partial charge in [-0.05, 0) is 42.0 Å². The van der Waals surface area contributed by atoms with Gasteiger partial charge >= 0.3 is 6.18 Å². The number of fused-ring (bicyclic) bond motifs is 1. The Balaban J connectivity index is 1.60. The fraction of sp³-hybridized carbons (Fsp3) is 0.125. The van der Waals surface area contributed by atoms with Crippen molar-refractivity contribution in [1.29, 1.82) is 0 Å². The van der Waals surface area contributed by atoms with Gasteiger partial charge in [0.1, 0.15) is 12.4 Å². The summed E-state index contributed by atoms with van der Waals surface area (Å²) in [5.41, 5.74) is 0.845. The Morgan fingerprint density at radius 2 is 1.78 bits per heavy atom. The molecule has 3 aromatic carbocycles. The van der Waals surface area contributed by atoms with E-state index < -0.39 is 17.6 Å². The number of hydrogen-bond donors (Lipinski definition) is 1. The molecule has 3 aromatic rings. The number of halogens is 4. The maximum Gasteiger partial charge on any atom is 0.416 e. The van der Waals surface area contributed by atoms with Gasteiger partial charge < -0.3 is 14.8 Å². The van der Waals surface area contributed by atoms with E-state index in [0.29, 0.717) is 28.2 Å². The van der Waals surface area contributed by atoms with E-state index in [4.69, 9.17) is 9.47 Å². The Morgan fingerprint density at radius 3 is 2.50 bits per heavy atom. The molecule has 0 radical (unpaired) electrons. The molecule has 4 nitrogen and oxygen atoms in total. The predicted molar refractivity (Wildman–Crippen MR) is 112 cm³/mol. The Kier molecular flexibility index (Phi) is 5.61. The summed E-state index contributed by atoms with van der Waals surface area (Å²) in [4.78, 5) is 12.4. The maximum absolute atomic E-state index is 13.8. The van der Waals surface area contributed by atoms with E-state index in [1.165, 1.54) is 19.2 Å². The van der Waals surface area contributed by atoms with Gasteiger partial charge in [-0.1, -0.05) is 30.3 Å². The molecule has 32 heavy (non-hydrogen) atoms. The number of carbonyl (C=O) groups excluding carboxylic acids is 1. The number of methoxy groups -OCH3 is 1. The molecule has 0 bridgehead atoms. The van der Waals surface area contributed by atoms with Gasteiger partial charge in [0.25, 0.3) is 5.91 Å². The number of amides is 1. The van der Waals surface area contributed by atoms with Crippen molar-refractivity contribution in [3.8, 4) is 11.5 Å². The molecule has 1 heterocycles. The minimum absolute atomic E-state index is 0.000783. The topological polar surface area (TPSA) is 47.6 Å². The first-order valence-corrected chi connectivity index (χ1v) is 9.55. The molecule has 0 aliphatic carbocycles. The molecule has 1 N–H and O–H groups in total. The molecule has 1 aliphatic heterocycles. The lowest BCUT2D eigenvalue weighted by molar-refractivity contribution is -0.137. The van der Waals surface area contributed by atoms with Crippen LogP contribution in [0.5, 0.6) is 11.5 Å². The Hall–Kier alpha value is -3.81. The summed E-state index contributed by atoms with van der Waals surface area (Å²) in [6.45, 7) is 0.000783. The standard InChI is InChI=1S/C24H17F4NO3/c1-31-22-11-14(6-9-21(22)32-13-15-4-2-3-5-19(15)25)10-18-17-8-7-16(24(26,27)28)12-20(17)29-23(18)30/h2-12H,13H2,1H3,(H,29,30)/b18-10-. The van der Waals surface area contributed by atoms with Crippen molar-refractivity contribution in [2.24, 2.45) is 0 Å². The lowest BCUT2D eigenvalue weighted by Gasteiger charge is -2.12. The predicted octanol–water partition coefficient (Wildman–Crippen LogP) is 5.92. The normalized spacial score (nSPS) is 14.3. The summed E-state index contributed by atoms with van der Waals surface area (Å²) in [7, 11) is 1.44. The second kappa shape index (κ2) is 8.37. The highest BCUT2D eigenvalue weighted by Gasteiger charge is 2.33. The van der Waals surface area contributed by atoms with E-state index in [1.54, 1.807) is 42.5 Å². The molecule has 8 heteroatoms. The van der Waals surface area contributed by atoms with Gasteiger partial charge in [0.2, 0.25) is 0 Å². The van der Waals surface area contributed by atoms with Crippen LogP contribution in [0.25, 0.3) is 11.6 Å². The number of nitrogens with one attached hydrogen (secondary N) is 1. The van der Waals surface area contributed by atoms with Gasteiger partial charge in [0, 0.05) is 22.4 Å². The molecular weight excluding hydrogens is 426 g/mol. The van der Waals surface area contributed by atoms with E-state index >= 15 is 0 Å². The molecule has 0 saturated heterocycles. The summed E-state index contributed by atoms with van der Waals surface area (Å²) in [6, 6.07) is 14.3. The fourth-order valence-electron chi connectivity index (χ4n) is 3.34. The molecule has 4 rings (SSSR count). The second-order valence-electron chi connectivity index (χ2n) is 7.06. The third kappa shape index (κ3) is 4.30. The number of carbonyl (C=O) groups is 1. The van der Waals surface area contributed by atoms with Gasteiger partial charge in [-0.15, -0.1) is 0 Å². The van der Waals surface area contributed by atoms with Crippen LogP contribution in [-0.4, -0.2) is 13.0 Å². The van der Waals surface area contributed by atoms with E-state index in [-0.39, 0.29) is 23.7 Å². The van der Waals surface area contributed by atoms with Crippen LogP contribution in [-0.2, 0) is 17.6 Å². The largest absolute Gasteiger partial charge is 0.493 e. The number of alkyl halides is 3. The Bertz CT molecular complexity index is 1220. The van der Waals surface area contributed by atoms with Crippen molar-refractivity contribution in [3.63, 3.8) is 0 Å². The minimum atomic E-state index is -4.50. The Labute approximate surface area is 181 Å². The van der Waals surface area contributed by atoms with Crippen LogP contribution in [0, 0.1) is 5.82 Å². The number of anilines is 1. The van der Waals surface area contributed by atoms with E-state index in [9.17, 15) is 22.4 Å². The second-order valence-corrected chi connectivity index (χ2v) is 7.06. The van der Waals surface area contributed by atoms with Crippen molar-refractivity contribution in [2.75, 3.05) is 12.4 Å². The third-order valence-electron chi connectivity index (χ3n) is 4.97. The minimum Gasteiger partial charge on any atom is -0.493 e. The molecule has 1 amide bonds. The van der Waals surface area contributed by atoms with Crippen LogP contribution < -0.4 is 14.8 Å². The highest BCUT2D eigenvalue weighted by molar-refractivity contribution is 6.34. The molecule has 0 unspecified atom stereocenters. The summed E-state index contributed by atoms with van der Waals surface area (Å²) in [5, 5.41) is 2.47. The molecule has 0 atom stereocenters. The zero-order valence-electron chi connectivity index (χ0n) is 16.8. The summed E-state index contributed by atoms with van der Waals surface area (Å²) in [6.07, 6.45) is -2.95. The van der Waals surface area contributed by atoms with Crippen LogP contribution in [0.15, 0.2) is 60.7 Å². The van der Waals surface area contributed by atoms with Crippen LogP contribution in [0.4, 0.5) is 23.2 Å². The summed E-state index contributed by atoms with van der Waals surface area (Å²) < 4.78 is 63.6. The van der Waals surface area contributed by atoms with Crippen LogP contribution in [0.3, 0.4) is 0 Å². The lowest BCUT2D eigenvalue weighted by atomic mass is 10.0. The van der Waals surface area contributed by atoms with Crippen LogP contribution >= 0.6 is 0 Å². The summed E-state index contributed by atoms with van der Waals surface area (Å²) >= 11 is 0. The van der Waals surface area contributed by atoms with Crippen molar-refractivity contribution in [2.45, 2.75) is 12.8 Å². The van der Waals surface area contributed by atoms with Crippen molar-refractivity contribution >= 4 is 23.2 Å². The van der Waals surface area contributed by atoms with E-state index in [1.807, 2.05) is 0 Å². The number of rotatable bonds is 5. The van der Waals surface area contributed by atoms with Gasteiger partial charge in [-0.3, -0.25) is 4.79 Å². The third-order valence-corrected chi connectivity index (χ3v) is 4.97. The highest BCUT2D eigenvalue weighted by Crippen LogP contribution is 2.39. The molecule has 0 spiro atoms. The number of hydrogen-bond acceptors (Lipinski definition) is 3. The van der Waals surface area contributed by atoms with Crippen molar-refractivity contribution < 1.29 is 31.8 Å². The highest BCUT2D eigenvalue weighted by atomic mass is 19.4. The Morgan fingerprint density at radius 1 is 1.00 bits per heavy atom. The van der Waals surface area contributed by atoms with Gasteiger partial charge in [-0.2, -0.15) is 13.2 Å². The zero-order chi connectivity index (χ0) is 22.9. The molecule has 0 fully saturated rings. The lowest BCUT2D eigenvalue weighted by Crippen LogP contribution is -2.06. The zero-order valence-corrected chi connectivity index (χ0v) is 16.8. The smallest absolute Gasteiger partial charge is 0.416 e. The molecule has 0 saturated carbocycles. The quantitative estimate of drug-likeness (QED) is 0.393. The van der Waals surface area contributed by atoms with Gasteiger partial charge in [0.15, 0.2) is 11.5 Å². The monoisotopic (exact) mass is 443 g/mol. The van der Waals surface area contributed by atoms with E-state index in [2.05, 4.69) is 5.32 Å². The first kappa shape index (κ1) is 21.4. The summed E-state index contributed by atoms with van der Waals surface area (Å²) in [5.74, 6) is -0.142. The van der Waals surface area contributed by atoms with E-state index in [0.717, 1.165) is 12.1 Å². The van der Waals surface area contributed by atoms with Crippen LogP contribution in [0.1, 0.15) is 22.3 Å². The number of ether oxygens (including phenoxy) is 2. The average Bonchev–Trinajstić information content (AvgIpc) is 3.07. The van der Waals surface area contributed by atoms with Crippen molar-refractivity contribution in [3.05, 3.63) is 88.7 Å². The first-order valence-electron chi connectivity index (χ1n) is 9.55. The van der Waals surface area contributed by atoms with Gasteiger partial charge in [0.05, 0.1) is 12.7 Å². The average molecular weight is 443 g/mol. The van der Waals surface area contributed by atoms with Gasteiger partial charge in [-0.25, -0.2) is 4.39 Å². The maximum atomic E-state index is 13.8. The first-order chi connectivity index (χ1) is 15.3. The SMILES string of the molecule is COc1cc(/C=C2\C(=O)Nc3cc(C(F)(F)F)ccc32)ccc1OCc1ccccc1F. The molecule has 164 valence electrons. The molecular formula is C24H17F4NO3. The van der Waals surface area contributed by atoms with Crippen LogP contribution in [0.2, 0.25) is 0 Å². The number of benzene rings is 3.